The van der Waals surface area contributed by atoms with E-state index in [4.69, 9.17) is 9.47 Å². The third-order valence-electron chi connectivity index (χ3n) is 6.91. The minimum absolute atomic E-state index is 0.0621. The Balaban J connectivity index is 1.21. The predicted molar refractivity (Wildman–Crippen MR) is 137 cm³/mol. The molecule has 0 radical (unpaired) electrons. The highest BCUT2D eigenvalue weighted by molar-refractivity contribution is 5.94. The number of ether oxygens (including phenoxy) is 2. The van der Waals surface area contributed by atoms with Gasteiger partial charge in [-0.2, -0.15) is 0 Å². The lowest BCUT2D eigenvalue weighted by atomic mass is 9.97. The maximum Gasteiger partial charge on any atom is 0.254 e. The summed E-state index contributed by atoms with van der Waals surface area (Å²) in [6, 6.07) is 16.6. The Hall–Kier alpha value is -2.57. The first kappa shape index (κ1) is 24.6. The molecule has 2 saturated heterocycles. The minimum atomic E-state index is 0.0621. The Morgan fingerprint density at radius 3 is 2.50 bits per heavy atom. The largest absolute Gasteiger partial charge is 0.493 e. The SMILES string of the molecule is CCCN(C)c1ccc(CN2CCC(COc3cccc(C(=O)N4CCOCC4)c3)CC2)cc1. The molecule has 1 amide bonds. The first-order valence-electron chi connectivity index (χ1n) is 12.7. The fourth-order valence-electron chi connectivity index (χ4n) is 4.77. The Labute approximate surface area is 204 Å². The molecule has 4 rings (SSSR count). The van der Waals surface area contributed by atoms with Gasteiger partial charge in [0.1, 0.15) is 5.75 Å². The van der Waals surface area contributed by atoms with Gasteiger partial charge in [-0.1, -0.05) is 25.1 Å². The minimum Gasteiger partial charge on any atom is -0.493 e. The van der Waals surface area contributed by atoms with Crippen molar-refractivity contribution in [2.24, 2.45) is 5.92 Å². The normalized spacial score (nSPS) is 17.5. The summed E-state index contributed by atoms with van der Waals surface area (Å²) in [4.78, 5) is 19.4. The number of anilines is 1. The van der Waals surface area contributed by atoms with E-state index in [1.54, 1.807) is 0 Å². The van der Waals surface area contributed by atoms with Crippen molar-refractivity contribution in [3.05, 3.63) is 59.7 Å². The second kappa shape index (κ2) is 12.2. The average Bonchev–Trinajstić information content (AvgIpc) is 2.89. The summed E-state index contributed by atoms with van der Waals surface area (Å²) in [5.74, 6) is 1.40. The van der Waals surface area contributed by atoms with Crippen molar-refractivity contribution >= 4 is 11.6 Å². The van der Waals surface area contributed by atoms with Gasteiger partial charge in [-0.25, -0.2) is 0 Å². The van der Waals surface area contributed by atoms with E-state index >= 15 is 0 Å². The number of rotatable bonds is 9. The van der Waals surface area contributed by atoms with Gasteiger partial charge in [0.25, 0.3) is 5.91 Å². The molecule has 0 spiro atoms. The van der Waals surface area contributed by atoms with Gasteiger partial charge in [0.05, 0.1) is 19.8 Å². The molecule has 6 heteroatoms. The van der Waals surface area contributed by atoms with E-state index in [1.807, 2.05) is 29.2 Å². The Kier molecular flexibility index (Phi) is 8.83. The summed E-state index contributed by atoms with van der Waals surface area (Å²) in [5, 5.41) is 0. The van der Waals surface area contributed by atoms with Gasteiger partial charge in [-0.15, -0.1) is 0 Å². The number of carbonyl (C=O) groups is 1. The molecular weight excluding hydrogens is 426 g/mol. The third-order valence-corrected chi connectivity index (χ3v) is 6.91. The molecule has 2 aromatic carbocycles. The Morgan fingerprint density at radius 2 is 1.79 bits per heavy atom. The molecule has 0 unspecified atom stereocenters. The maximum absolute atomic E-state index is 12.7. The lowest BCUT2D eigenvalue weighted by Gasteiger charge is -2.32. The summed E-state index contributed by atoms with van der Waals surface area (Å²) in [6.45, 7) is 9.75. The van der Waals surface area contributed by atoms with Crippen LogP contribution in [0.3, 0.4) is 0 Å². The van der Waals surface area contributed by atoms with E-state index in [9.17, 15) is 4.79 Å². The molecular formula is C28H39N3O3. The molecule has 0 aromatic heterocycles. The highest BCUT2D eigenvalue weighted by Crippen LogP contribution is 2.23. The van der Waals surface area contributed by atoms with Crippen LogP contribution < -0.4 is 9.64 Å². The zero-order chi connectivity index (χ0) is 23.8. The number of hydrogen-bond donors (Lipinski definition) is 0. The molecule has 0 N–H and O–H groups in total. The quantitative estimate of drug-likeness (QED) is 0.553. The molecule has 0 bridgehead atoms. The van der Waals surface area contributed by atoms with Crippen LogP contribution >= 0.6 is 0 Å². The van der Waals surface area contributed by atoms with E-state index < -0.39 is 0 Å². The molecule has 2 aliphatic heterocycles. The molecule has 0 atom stereocenters. The van der Waals surface area contributed by atoms with Crippen LogP contribution in [-0.2, 0) is 11.3 Å². The van der Waals surface area contributed by atoms with Crippen LogP contribution in [-0.4, -0.2) is 75.3 Å². The van der Waals surface area contributed by atoms with Gasteiger partial charge in [0.15, 0.2) is 0 Å². The first-order chi connectivity index (χ1) is 16.6. The van der Waals surface area contributed by atoms with Gasteiger partial charge in [-0.05, 0) is 74.2 Å². The highest BCUT2D eigenvalue weighted by Gasteiger charge is 2.21. The Morgan fingerprint density at radius 1 is 1.06 bits per heavy atom. The van der Waals surface area contributed by atoms with Crippen LogP contribution in [0.2, 0.25) is 0 Å². The average molecular weight is 466 g/mol. The van der Waals surface area contributed by atoms with E-state index in [2.05, 4.69) is 48.0 Å². The maximum atomic E-state index is 12.7. The molecule has 2 aromatic rings. The molecule has 0 aliphatic carbocycles. The first-order valence-corrected chi connectivity index (χ1v) is 12.7. The lowest BCUT2D eigenvalue weighted by molar-refractivity contribution is 0.0302. The predicted octanol–water partition coefficient (Wildman–Crippen LogP) is 4.30. The van der Waals surface area contributed by atoms with Crippen LogP contribution in [0.4, 0.5) is 5.69 Å². The van der Waals surface area contributed by atoms with Gasteiger partial charge in [-0.3, -0.25) is 9.69 Å². The number of likely N-dealkylation sites (tertiary alicyclic amines) is 1. The summed E-state index contributed by atoms with van der Waals surface area (Å²) < 4.78 is 11.5. The number of hydrogen-bond acceptors (Lipinski definition) is 5. The second-order valence-corrected chi connectivity index (χ2v) is 9.55. The summed E-state index contributed by atoms with van der Waals surface area (Å²) >= 11 is 0. The molecule has 34 heavy (non-hydrogen) atoms. The van der Waals surface area contributed by atoms with Crippen LogP contribution in [0.1, 0.15) is 42.1 Å². The van der Waals surface area contributed by atoms with E-state index in [0.717, 1.165) is 51.2 Å². The molecule has 184 valence electrons. The molecule has 2 heterocycles. The zero-order valence-corrected chi connectivity index (χ0v) is 20.7. The summed E-state index contributed by atoms with van der Waals surface area (Å²) in [7, 11) is 2.16. The van der Waals surface area contributed by atoms with Gasteiger partial charge in [0, 0.05) is 44.5 Å². The van der Waals surface area contributed by atoms with Crippen molar-refractivity contribution in [3.8, 4) is 5.75 Å². The number of nitrogens with zero attached hydrogens (tertiary/aromatic N) is 3. The third kappa shape index (κ3) is 6.73. The van der Waals surface area contributed by atoms with E-state index in [0.29, 0.717) is 44.4 Å². The number of morpholine rings is 1. The highest BCUT2D eigenvalue weighted by atomic mass is 16.5. The van der Waals surface area contributed by atoms with Gasteiger partial charge < -0.3 is 19.3 Å². The van der Waals surface area contributed by atoms with Gasteiger partial charge in [0.2, 0.25) is 0 Å². The standard InChI is InChI=1S/C28H39N3O3/c1-3-13-29(2)26-9-7-23(8-10-26)21-30-14-11-24(12-15-30)22-34-27-6-4-5-25(20-27)28(32)31-16-18-33-19-17-31/h4-10,20,24H,3,11-19,21-22H2,1-2H3. The monoisotopic (exact) mass is 465 g/mol. The van der Waals surface area contributed by atoms with Crippen LogP contribution in [0.25, 0.3) is 0 Å². The number of carbonyl (C=O) groups excluding carboxylic acids is 1. The van der Waals surface area contributed by atoms with Crippen LogP contribution in [0, 0.1) is 5.92 Å². The lowest BCUT2D eigenvalue weighted by Crippen LogP contribution is -2.40. The number of benzene rings is 2. The molecule has 2 fully saturated rings. The van der Waals surface area contributed by atoms with Crippen molar-refractivity contribution in [2.45, 2.75) is 32.7 Å². The van der Waals surface area contributed by atoms with Crippen molar-refractivity contribution in [3.63, 3.8) is 0 Å². The zero-order valence-electron chi connectivity index (χ0n) is 20.7. The fourth-order valence-corrected chi connectivity index (χ4v) is 4.77. The van der Waals surface area contributed by atoms with Crippen molar-refractivity contribution in [2.75, 3.05) is 64.5 Å². The Bertz CT molecular complexity index is 903. The van der Waals surface area contributed by atoms with E-state index in [1.165, 1.54) is 11.3 Å². The van der Waals surface area contributed by atoms with Gasteiger partial charge >= 0.3 is 0 Å². The van der Waals surface area contributed by atoms with Crippen molar-refractivity contribution in [1.82, 2.24) is 9.80 Å². The molecule has 0 saturated carbocycles. The second-order valence-electron chi connectivity index (χ2n) is 9.55. The van der Waals surface area contributed by atoms with Crippen molar-refractivity contribution in [1.29, 1.82) is 0 Å². The van der Waals surface area contributed by atoms with Crippen LogP contribution in [0.15, 0.2) is 48.5 Å². The summed E-state index contributed by atoms with van der Waals surface area (Å²) in [5.41, 5.74) is 3.36. The molecule has 6 nitrogen and oxygen atoms in total. The number of amides is 1. The fraction of sp³-hybridized carbons (Fsp3) is 0.536. The number of piperidine rings is 1. The van der Waals surface area contributed by atoms with Crippen LogP contribution in [0.5, 0.6) is 5.75 Å². The summed E-state index contributed by atoms with van der Waals surface area (Å²) in [6.07, 6.45) is 3.45. The van der Waals surface area contributed by atoms with E-state index in [-0.39, 0.29) is 5.91 Å². The topological polar surface area (TPSA) is 45.2 Å². The smallest absolute Gasteiger partial charge is 0.254 e. The van der Waals surface area contributed by atoms with Crippen molar-refractivity contribution < 1.29 is 14.3 Å². The molecule has 2 aliphatic rings.